The molecule has 0 saturated carbocycles. The summed E-state index contributed by atoms with van der Waals surface area (Å²) < 4.78 is 0. The zero-order valence-corrected chi connectivity index (χ0v) is 21.4. The van der Waals surface area contributed by atoms with E-state index in [-0.39, 0.29) is 24.0 Å². The molecule has 0 spiro atoms. The molecule has 1 aromatic rings. The molecule has 0 radical (unpaired) electrons. The number of hydrogen-bond donors (Lipinski definition) is 2. The van der Waals surface area contributed by atoms with Gasteiger partial charge in [0.1, 0.15) is 0 Å². The van der Waals surface area contributed by atoms with Crippen molar-refractivity contribution in [2.45, 2.75) is 78.2 Å². The summed E-state index contributed by atoms with van der Waals surface area (Å²) in [4.78, 5) is 13.2. The second kappa shape index (κ2) is 14.6. The number of thiazole rings is 1. The lowest BCUT2D eigenvalue weighted by Gasteiger charge is -2.21. The van der Waals surface area contributed by atoms with E-state index in [9.17, 15) is 0 Å². The van der Waals surface area contributed by atoms with E-state index >= 15 is 0 Å². The summed E-state index contributed by atoms with van der Waals surface area (Å²) in [6.07, 6.45) is 9.65. The Labute approximate surface area is 193 Å². The topological polar surface area (TPSA) is 52.5 Å². The minimum atomic E-state index is 0. The van der Waals surface area contributed by atoms with Crippen molar-refractivity contribution in [2.75, 3.05) is 33.2 Å². The van der Waals surface area contributed by atoms with Gasteiger partial charge in [-0.2, -0.15) is 0 Å². The van der Waals surface area contributed by atoms with Crippen molar-refractivity contribution in [2.24, 2.45) is 4.99 Å². The van der Waals surface area contributed by atoms with Crippen molar-refractivity contribution in [3.05, 3.63) is 15.6 Å². The molecule has 1 aromatic heterocycles. The minimum absolute atomic E-state index is 0. The Balaban J connectivity index is 0.00000392. The normalized spacial score (nSPS) is 15.1. The van der Waals surface area contributed by atoms with Crippen molar-refractivity contribution >= 4 is 41.3 Å². The van der Waals surface area contributed by atoms with Crippen molar-refractivity contribution < 1.29 is 0 Å². The molecular formula is C21H40IN5S. The first-order chi connectivity index (χ1) is 13.2. The number of hydrogen-bond acceptors (Lipinski definition) is 4. The van der Waals surface area contributed by atoms with Crippen LogP contribution in [0, 0.1) is 0 Å². The van der Waals surface area contributed by atoms with Gasteiger partial charge in [0.2, 0.25) is 0 Å². The summed E-state index contributed by atoms with van der Waals surface area (Å²) in [7, 11) is 1.85. The second-order valence-electron chi connectivity index (χ2n) is 7.50. The first-order valence-electron chi connectivity index (χ1n) is 10.8. The Bertz CT molecular complexity index is 548. The van der Waals surface area contributed by atoms with Crippen LogP contribution in [0.5, 0.6) is 0 Å². The fraction of sp³-hybridized carbons (Fsp3) is 0.810. The highest BCUT2D eigenvalue weighted by molar-refractivity contribution is 14.0. The van der Waals surface area contributed by atoms with Gasteiger partial charge in [-0.1, -0.05) is 13.8 Å². The Hall–Kier alpha value is -0.410. The number of rotatable bonds is 11. The van der Waals surface area contributed by atoms with Crippen LogP contribution >= 0.6 is 35.3 Å². The highest BCUT2D eigenvalue weighted by Gasteiger charge is 2.14. The fourth-order valence-electron chi connectivity index (χ4n) is 3.62. The van der Waals surface area contributed by atoms with Crippen LogP contribution in [0.25, 0.3) is 0 Å². The number of nitrogens with one attached hydrogen (secondary N) is 2. The lowest BCUT2D eigenvalue weighted by atomic mass is 10.0. The molecule has 162 valence electrons. The predicted octanol–water partition coefficient (Wildman–Crippen LogP) is 4.25. The van der Waals surface area contributed by atoms with Crippen LogP contribution < -0.4 is 10.6 Å². The summed E-state index contributed by atoms with van der Waals surface area (Å²) >= 11 is 1.94. The molecule has 0 amide bonds. The number of guanidine groups is 1. The maximum Gasteiger partial charge on any atom is 0.191 e. The standard InChI is InChI=1S/C21H39N5S.HI/c1-5-26(6-2)16-10-11-17(3)24-21(22-4)23-15-9-14-20-25-18-12-7-8-13-19(18)27-20;/h17H,5-16H2,1-4H3,(H2,22,23,24);1H. The maximum atomic E-state index is 4.84. The molecule has 0 bridgehead atoms. The molecule has 1 atom stereocenters. The Morgan fingerprint density at radius 2 is 1.96 bits per heavy atom. The molecule has 28 heavy (non-hydrogen) atoms. The average Bonchev–Trinajstić information content (AvgIpc) is 3.10. The summed E-state index contributed by atoms with van der Waals surface area (Å²) in [5.74, 6) is 0.920. The predicted molar refractivity (Wildman–Crippen MR) is 133 cm³/mol. The van der Waals surface area contributed by atoms with Gasteiger partial charge >= 0.3 is 0 Å². The first-order valence-corrected chi connectivity index (χ1v) is 11.6. The maximum absolute atomic E-state index is 4.84. The number of nitrogens with zero attached hydrogens (tertiary/aromatic N) is 3. The van der Waals surface area contributed by atoms with Crippen LogP contribution in [0.2, 0.25) is 0 Å². The summed E-state index contributed by atoms with van der Waals surface area (Å²) in [5.41, 5.74) is 1.38. The third kappa shape index (κ3) is 8.95. The van der Waals surface area contributed by atoms with E-state index < -0.39 is 0 Å². The van der Waals surface area contributed by atoms with Crippen LogP contribution in [-0.2, 0) is 19.3 Å². The number of aryl methyl sites for hydroxylation is 3. The molecule has 2 N–H and O–H groups in total. The number of aromatic nitrogens is 1. The number of fused-ring (bicyclic) bond motifs is 1. The second-order valence-corrected chi connectivity index (χ2v) is 8.67. The van der Waals surface area contributed by atoms with E-state index in [1.807, 2.05) is 18.4 Å². The lowest BCUT2D eigenvalue weighted by molar-refractivity contribution is 0.292. The van der Waals surface area contributed by atoms with Gasteiger partial charge in [0.05, 0.1) is 10.7 Å². The van der Waals surface area contributed by atoms with Crippen LogP contribution in [0.3, 0.4) is 0 Å². The summed E-state index contributed by atoms with van der Waals surface area (Å²) in [6.45, 7) is 11.1. The molecule has 1 heterocycles. The van der Waals surface area contributed by atoms with Crippen molar-refractivity contribution in [1.29, 1.82) is 0 Å². The lowest BCUT2D eigenvalue weighted by Crippen LogP contribution is -2.42. The molecule has 0 aromatic carbocycles. The zero-order chi connectivity index (χ0) is 19.5. The van der Waals surface area contributed by atoms with Crippen LogP contribution in [-0.4, -0.2) is 55.1 Å². The molecule has 2 rings (SSSR count). The molecule has 0 aliphatic heterocycles. The van der Waals surface area contributed by atoms with Crippen LogP contribution in [0.1, 0.15) is 68.5 Å². The molecular weight excluding hydrogens is 481 g/mol. The molecule has 1 aliphatic rings. The minimum Gasteiger partial charge on any atom is -0.356 e. The van der Waals surface area contributed by atoms with E-state index in [0.29, 0.717) is 6.04 Å². The molecule has 0 fully saturated rings. The van der Waals surface area contributed by atoms with Gasteiger partial charge in [0, 0.05) is 30.9 Å². The Morgan fingerprint density at radius 1 is 1.21 bits per heavy atom. The van der Waals surface area contributed by atoms with Gasteiger partial charge in [-0.05, 0) is 71.5 Å². The van der Waals surface area contributed by atoms with Gasteiger partial charge in [-0.3, -0.25) is 4.99 Å². The van der Waals surface area contributed by atoms with Gasteiger partial charge in [0.25, 0.3) is 0 Å². The summed E-state index contributed by atoms with van der Waals surface area (Å²) in [5, 5.41) is 8.30. The Morgan fingerprint density at radius 3 is 2.64 bits per heavy atom. The Kier molecular flexibility index (Phi) is 13.3. The van der Waals surface area contributed by atoms with E-state index in [4.69, 9.17) is 4.98 Å². The van der Waals surface area contributed by atoms with Crippen molar-refractivity contribution in [1.82, 2.24) is 20.5 Å². The van der Waals surface area contributed by atoms with Crippen molar-refractivity contribution in [3.8, 4) is 0 Å². The third-order valence-corrected chi connectivity index (χ3v) is 6.58. The van der Waals surface area contributed by atoms with Gasteiger partial charge < -0.3 is 15.5 Å². The van der Waals surface area contributed by atoms with Crippen molar-refractivity contribution in [3.63, 3.8) is 0 Å². The highest BCUT2D eigenvalue weighted by Crippen LogP contribution is 2.27. The summed E-state index contributed by atoms with van der Waals surface area (Å²) in [6, 6.07) is 0.442. The molecule has 0 saturated heterocycles. The van der Waals surface area contributed by atoms with Gasteiger partial charge in [0.15, 0.2) is 5.96 Å². The number of halogens is 1. The van der Waals surface area contributed by atoms with Gasteiger partial charge in [-0.25, -0.2) is 4.98 Å². The molecule has 5 nitrogen and oxygen atoms in total. The molecule has 7 heteroatoms. The SMILES string of the molecule is CCN(CC)CCCC(C)NC(=NC)NCCCc1nc2c(s1)CCCC2.I. The average molecular weight is 522 g/mol. The molecule has 1 aliphatic carbocycles. The van der Waals surface area contributed by atoms with Crippen LogP contribution in [0.4, 0.5) is 0 Å². The smallest absolute Gasteiger partial charge is 0.191 e. The third-order valence-electron chi connectivity index (χ3n) is 5.36. The van der Waals surface area contributed by atoms with E-state index in [1.165, 1.54) is 55.8 Å². The highest BCUT2D eigenvalue weighted by atomic mass is 127. The van der Waals surface area contributed by atoms with E-state index in [1.54, 1.807) is 4.88 Å². The van der Waals surface area contributed by atoms with E-state index in [2.05, 4.69) is 41.3 Å². The zero-order valence-electron chi connectivity index (χ0n) is 18.2. The number of aliphatic imine (C=N–C) groups is 1. The fourth-order valence-corrected chi connectivity index (χ4v) is 4.82. The van der Waals surface area contributed by atoms with Crippen LogP contribution in [0.15, 0.2) is 4.99 Å². The monoisotopic (exact) mass is 521 g/mol. The largest absolute Gasteiger partial charge is 0.356 e. The quantitative estimate of drug-likeness (QED) is 0.198. The molecule has 1 unspecified atom stereocenters. The van der Waals surface area contributed by atoms with E-state index in [0.717, 1.165) is 38.4 Å². The first kappa shape index (κ1) is 25.6. The van der Waals surface area contributed by atoms with Gasteiger partial charge in [-0.15, -0.1) is 35.3 Å².